The number of nitrogens with one attached hydrogen (secondary N) is 1. The van der Waals surface area contributed by atoms with E-state index in [1.165, 1.54) is 0 Å². The van der Waals surface area contributed by atoms with Crippen molar-refractivity contribution in [3.63, 3.8) is 0 Å². The van der Waals surface area contributed by atoms with Gasteiger partial charge in [0.05, 0.1) is 5.92 Å². The largest absolute Gasteiger partial charge is 0.481 e. The summed E-state index contributed by atoms with van der Waals surface area (Å²) in [6.45, 7) is 5.08. The van der Waals surface area contributed by atoms with Crippen LogP contribution in [0.3, 0.4) is 0 Å². The Morgan fingerprint density at radius 3 is 2.71 bits per heavy atom. The van der Waals surface area contributed by atoms with Crippen molar-refractivity contribution >= 4 is 11.9 Å². The molecule has 1 aromatic heterocycles. The van der Waals surface area contributed by atoms with Gasteiger partial charge in [0.25, 0.3) is 0 Å². The van der Waals surface area contributed by atoms with E-state index in [9.17, 15) is 4.79 Å². The third-order valence-electron chi connectivity index (χ3n) is 2.47. The molecular weight excluding hydrogens is 220 g/mol. The van der Waals surface area contributed by atoms with Gasteiger partial charge in [0, 0.05) is 11.7 Å². The SMILES string of the molecule is Cc1cc(C#N)nc(NC(C)C(C)C(=O)O)n1. The smallest absolute Gasteiger partial charge is 0.308 e. The zero-order valence-corrected chi connectivity index (χ0v) is 9.93. The van der Waals surface area contributed by atoms with Crippen LogP contribution in [0.1, 0.15) is 25.2 Å². The summed E-state index contributed by atoms with van der Waals surface area (Å²) in [5.74, 6) is -1.18. The third kappa shape index (κ3) is 3.41. The first-order valence-electron chi connectivity index (χ1n) is 5.19. The lowest BCUT2D eigenvalue weighted by Gasteiger charge is -2.17. The minimum atomic E-state index is -0.891. The lowest BCUT2D eigenvalue weighted by Crippen LogP contribution is -2.30. The van der Waals surface area contributed by atoms with Crippen LogP contribution in [0.15, 0.2) is 6.07 Å². The molecule has 0 aliphatic carbocycles. The van der Waals surface area contributed by atoms with Crippen LogP contribution in [0.2, 0.25) is 0 Å². The van der Waals surface area contributed by atoms with Crippen molar-refractivity contribution < 1.29 is 9.90 Å². The summed E-state index contributed by atoms with van der Waals surface area (Å²) in [5, 5.41) is 20.5. The second kappa shape index (κ2) is 5.25. The lowest BCUT2D eigenvalue weighted by molar-refractivity contribution is -0.141. The second-order valence-electron chi connectivity index (χ2n) is 3.89. The first kappa shape index (κ1) is 12.9. The van der Waals surface area contributed by atoms with E-state index in [0.717, 1.165) is 0 Å². The molecule has 1 aromatic rings. The number of hydrogen-bond donors (Lipinski definition) is 2. The highest BCUT2D eigenvalue weighted by Crippen LogP contribution is 2.10. The van der Waals surface area contributed by atoms with E-state index in [0.29, 0.717) is 5.69 Å². The Bertz CT molecular complexity index is 467. The van der Waals surface area contributed by atoms with Gasteiger partial charge >= 0.3 is 5.97 Å². The molecule has 0 aromatic carbocycles. The standard InChI is InChI=1S/C11H14N4O2/c1-6-4-9(5-12)15-11(13-6)14-8(3)7(2)10(16)17/h4,7-8H,1-3H3,(H,16,17)(H,13,14,15). The van der Waals surface area contributed by atoms with Gasteiger partial charge < -0.3 is 10.4 Å². The van der Waals surface area contributed by atoms with Crippen molar-refractivity contribution in [3.8, 4) is 6.07 Å². The van der Waals surface area contributed by atoms with Gasteiger partial charge in [-0.3, -0.25) is 4.79 Å². The Labute approximate surface area is 99.3 Å². The molecule has 0 bridgehead atoms. The number of nitriles is 1. The third-order valence-corrected chi connectivity index (χ3v) is 2.47. The van der Waals surface area contributed by atoms with E-state index in [1.54, 1.807) is 26.8 Å². The molecule has 17 heavy (non-hydrogen) atoms. The number of carboxylic acids is 1. The monoisotopic (exact) mass is 234 g/mol. The molecule has 2 atom stereocenters. The summed E-state index contributed by atoms with van der Waals surface area (Å²) in [5.41, 5.74) is 0.921. The van der Waals surface area contributed by atoms with Crippen molar-refractivity contribution in [2.24, 2.45) is 5.92 Å². The number of aryl methyl sites for hydroxylation is 1. The summed E-state index contributed by atoms with van der Waals surface area (Å²) in [6.07, 6.45) is 0. The van der Waals surface area contributed by atoms with Crippen molar-refractivity contribution in [1.82, 2.24) is 9.97 Å². The van der Waals surface area contributed by atoms with E-state index in [2.05, 4.69) is 15.3 Å². The molecule has 1 rings (SSSR count). The first-order valence-corrected chi connectivity index (χ1v) is 5.19. The van der Waals surface area contributed by atoms with Gasteiger partial charge in [-0.15, -0.1) is 0 Å². The maximum Gasteiger partial charge on any atom is 0.308 e. The van der Waals surface area contributed by atoms with E-state index in [-0.39, 0.29) is 17.7 Å². The van der Waals surface area contributed by atoms with Crippen LogP contribution in [-0.4, -0.2) is 27.1 Å². The highest BCUT2D eigenvalue weighted by molar-refractivity contribution is 5.70. The Morgan fingerprint density at radius 2 is 2.18 bits per heavy atom. The van der Waals surface area contributed by atoms with Crippen LogP contribution < -0.4 is 5.32 Å². The van der Waals surface area contributed by atoms with Crippen molar-refractivity contribution in [2.75, 3.05) is 5.32 Å². The Kier molecular flexibility index (Phi) is 3.99. The molecule has 0 amide bonds. The number of aromatic nitrogens is 2. The first-order chi connectivity index (χ1) is 7.93. The van der Waals surface area contributed by atoms with Gasteiger partial charge in [0.1, 0.15) is 11.8 Å². The van der Waals surface area contributed by atoms with Gasteiger partial charge in [0.2, 0.25) is 5.95 Å². The van der Waals surface area contributed by atoms with Gasteiger partial charge in [-0.1, -0.05) is 0 Å². The predicted molar refractivity (Wildman–Crippen MR) is 61.4 cm³/mol. The van der Waals surface area contributed by atoms with E-state index in [4.69, 9.17) is 10.4 Å². The molecule has 6 nitrogen and oxygen atoms in total. The highest BCUT2D eigenvalue weighted by Gasteiger charge is 2.20. The second-order valence-corrected chi connectivity index (χ2v) is 3.89. The van der Waals surface area contributed by atoms with Crippen LogP contribution in [0.5, 0.6) is 0 Å². The summed E-state index contributed by atoms with van der Waals surface area (Å²) < 4.78 is 0. The molecule has 0 aliphatic rings. The molecular formula is C11H14N4O2. The van der Waals surface area contributed by atoms with Crippen molar-refractivity contribution in [2.45, 2.75) is 26.8 Å². The van der Waals surface area contributed by atoms with E-state index in [1.807, 2.05) is 6.07 Å². The minimum absolute atomic E-state index is 0.259. The molecule has 90 valence electrons. The fourth-order valence-electron chi connectivity index (χ4n) is 1.23. The van der Waals surface area contributed by atoms with Crippen LogP contribution in [0, 0.1) is 24.2 Å². The molecule has 0 spiro atoms. The number of rotatable bonds is 4. The molecule has 1 heterocycles. The molecule has 0 radical (unpaired) electrons. The lowest BCUT2D eigenvalue weighted by atomic mass is 10.0. The number of anilines is 1. The Hall–Kier alpha value is -2.16. The van der Waals surface area contributed by atoms with Gasteiger partial charge in [-0.05, 0) is 26.8 Å². The Balaban J connectivity index is 2.85. The summed E-state index contributed by atoms with van der Waals surface area (Å²) in [6, 6.07) is 3.17. The zero-order valence-electron chi connectivity index (χ0n) is 9.93. The minimum Gasteiger partial charge on any atom is -0.481 e. The molecule has 6 heteroatoms. The van der Waals surface area contributed by atoms with Gasteiger partial charge in [-0.25, -0.2) is 9.97 Å². The molecule has 0 saturated heterocycles. The number of aliphatic carboxylic acids is 1. The summed E-state index contributed by atoms with van der Waals surface area (Å²) >= 11 is 0. The molecule has 2 unspecified atom stereocenters. The molecule has 0 aliphatic heterocycles. The average molecular weight is 234 g/mol. The summed E-state index contributed by atoms with van der Waals surface area (Å²) in [7, 11) is 0. The molecule has 2 N–H and O–H groups in total. The quantitative estimate of drug-likeness (QED) is 0.811. The van der Waals surface area contributed by atoms with E-state index >= 15 is 0 Å². The topological polar surface area (TPSA) is 98.9 Å². The summed E-state index contributed by atoms with van der Waals surface area (Å²) in [4.78, 5) is 18.8. The number of hydrogen-bond acceptors (Lipinski definition) is 5. The molecule has 0 fully saturated rings. The maximum absolute atomic E-state index is 10.8. The van der Waals surface area contributed by atoms with Gasteiger partial charge in [0.15, 0.2) is 0 Å². The highest BCUT2D eigenvalue weighted by atomic mass is 16.4. The van der Waals surface area contributed by atoms with E-state index < -0.39 is 11.9 Å². The fourth-order valence-corrected chi connectivity index (χ4v) is 1.23. The number of carboxylic acid groups (broad SMARTS) is 1. The maximum atomic E-state index is 10.8. The number of carbonyl (C=O) groups is 1. The normalized spacial score (nSPS) is 13.5. The average Bonchev–Trinajstić information content (AvgIpc) is 2.26. The van der Waals surface area contributed by atoms with Crippen LogP contribution in [0.4, 0.5) is 5.95 Å². The van der Waals surface area contributed by atoms with Crippen LogP contribution in [-0.2, 0) is 4.79 Å². The number of nitrogens with zero attached hydrogens (tertiary/aromatic N) is 3. The van der Waals surface area contributed by atoms with Crippen molar-refractivity contribution in [1.29, 1.82) is 5.26 Å². The zero-order chi connectivity index (χ0) is 13.0. The fraction of sp³-hybridized carbons (Fsp3) is 0.455. The van der Waals surface area contributed by atoms with Gasteiger partial charge in [-0.2, -0.15) is 5.26 Å². The van der Waals surface area contributed by atoms with Crippen molar-refractivity contribution in [3.05, 3.63) is 17.5 Å². The van der Waals surface area contributed by atoms with Crippen LogP contribution >= 0.6 is 0 Å². The van der Waals surface area contributed by atoms with Crippen LogP contribution in [0.25, 0.3) is 0 Å². The molecule has 0 saturated carbocycles. The Morgan fingerprint density at radius 1 is 1.53 bits per heavy atom. The predicted octanol–water partition coefficient (Wildman–Crippen LogP) is 1.18.